The summed E-state index contributed by atoms with van der Waals surface area (Å²) < 4.78 is 72.7. The van der Waals surface area contributed by atoms with Crippen LogP contribution < -0.4 is 10.0 Å². The Labute approximate surface area is 234 Å². The van der Waals surface area contributed by atoms with Gasteiger partial charge in [0.25, 0.3) is 10.0 Å². The third kappa shape index (κ3) is 8.21. The molecule has 0 radical (unpaired) electrons. The molecule has 2 N–H and O–H groups in total. The highest BCUT2D eigenvalue weighted by atomic mass is 32.2. The molecule has 0 saturated carbocycles. The molecule has 14 heteroatoms. The lowest BCUT2D eigenvalue weighted by Crippen LogP contribution is -2.46. The number of Topliss-reactive ketones (excluding diaryl/α,β-unsaturated/α-hetero) is 1. The van der Waals surface area contributed by atoms with E-state index in [1.165, 1.54) is 24.4 Å². The van der Waals surface area contributed by atoms with Gasteiger partial charge in [0.05, 0.1) is 28.4 Å². The van der Waals surface area contributed by atoms with Crippen LogP contribution in [0.2, 0.25) is 0 Å². The fraction of sp³-hybridized carbons (Fsp3) is 0.462. The second-order valence-electron chi connectivity index (χ2n) is 10.2. The summed E-state index contributed by atoms with van der Waals surface area (Å²) in [6.45, 7) is 6.67. The summed E-state index contributed by atoms with van der Waals surface area (Å²) in [7, 11) is -4.04. The van der Waals surface area contributed by atoms with Crippen LogP contribution in [-0.2, 0) is 25.7 Å². The molecule has 3 aromatic rings. The molecule has 0 aliphatic carbocycles. The molecule has 2 atom stereocenters. The minimum atomic E-state index is -4.52. The molecule has 40 heavy (non-hydrogen) atoms. The molecule has 0 unspecified atom stereocenters. The predicted molar refractivity (Wildman–Crippen MR) is 144 cm³/mol. The predicted octanol–water partition coefficient (Wildman–Crippen LogP) is 5.63. The average molecular weight is 601 g/mol. The Balaban J connectivity index is 1.75. The Morgan fingerprint density at radius 2 is 1.85 bits per heavy atom. The van der Waals surface area contributed by atoms with Crippen molar-refractivity contribution in [1.82, 2.24) is 20.0 Å². The van der Waals surface area contributed by atoms with Crippen molar-refractivity contribution in [3.8, 4) is 0 Å². The third-order valence-electron chi connectivity index (χ3n) is 5.84. The van der Waals surface area contributed by atoms with E-state index in [-0.39, 0.29) is 17.0 Å². The number of carbonyl (C=O) groups is 2. The van der Waals surface area contributed by atoms with Crippen LogP contribution in [0.3, 0.4) is 0 Å². The number of benzene rings is 1. The van der Waals surface area contributed by atoms with Crippen LogP contribution in [0.25, 0.3) is 10.2 Å². The molecule has 1 amide bonds. The molecule has 218 valence electrons. The summed E-state index contributed by atoms with van der Waals surface area (Å²) in [6, 6.07) is 6.54. The lowest BCUT2D eigenvalue weighted by Gasteiger charge is -2.29. The van der Waals surface area contributed by atoms with Crippen molar-refractivity contribution < 1.29 is 35.9 Å². The van der Waals surface area contributed by atoms with E-state index in [1.807, 2.05) is 6.92 Å². The smallest absolute Gasteiger partial charge is 0.416 e. The van der Waals surface area contributed by atoms with E-state index in [2.05, 4.69) is 20.0 Å². The van der Waals surface area contributed by atoms with Gasteiger partial charge in [-0.05, 0) is 36.8 Å². The Morgan fingerprint density at radius 1 is 1.12 bits per heavy atom. The molecule has 0 aliphatic heterocycles. The Bertz CT molecular complexity index is 1440. The Kier molecular flexibility index (Phi) is 9.90. The summed E-state index contributed by atoms with van der Waals surface area (Å²) in [5.74, 6) is -0.572. The zero-order chi connectivity index (χ0) is 29.7. The van der Waals surface area contributed by atoms with E-state index >= 15 is 0 Å². The van der Waals surface area contributed by atoms with E-state index in [9.17, 15) is 31.2 Å². The number of nitrogens with one attached hydrogen (secondary N) is 2. The standard InChI is InChI=1S/C26H31F3N4O5S2/c1-5-6-9-17(19(34)15-31-40(36,37)21-10-7-8-13-30-21)33-24(35)38-22(25(2,3)4)23-32-18-14-16(26(27,28)29)11-12-20(18)39-23/h7-8,10-14,17,22,31H,5-6,9,15H2,1-4H3,(H,33,35)/t17-,22+/m0/s1. The highest BCUT2D eigenvalue weighted by Crippen LogP contribution is 2.41. The van der Waals surface area contributed by atoms with Crippen LogP contribution >= 0.6 is 11.3 Å². The second kappa shape index (κ2) is 12.6. The lowest BCUT2D eigenvalue weighted by molar-refractivity contribution is -0.137. The van der Waals surface area contributed by atoms with Crippen molar-refractivity contribution >= 4 is 43.5 Å². The number of carbonyl (C=O) groups excluding carboxylic acids is 2. The number of ketones is 1. The van der Waals surface area contributed by atoms with Gasteiger partial charge >= 0.3 is 12.3 Å². The molecule has 0 aliphatic rings. The van der Waals surface area contributed by atoms with Crippen LogP contribution in [-0.4, -0.2) is 42.8 Å². The SMILES string of the molecule is CCCC[C@H](NC(=O)O[C@H](c1nc2cc(C(F)(F)F)ccc2s1)C(C)(C)C)C(=O)CNS(=O)(=O)c1ccccn1. The number of alkyl carbamates (subject to hydrolysis) is 1. The number of alkyl halides is 3. The molecule has 3 rings (SSSR count). The largest absolute Gasteiger partial charge is 0.438 e. The van der Waals surface area contributed by atoms with E-state index in [0.717, 1.165) is 29.9 Å². The van der Waals surface area contributed by atoms with Crippen molar-refractivity contribution in [2.24, 2.45) is 5.41 Å². The van der Waals surface area contributed by atoms with Gasteiger partial charge in [0, 0.05) is 11.6 Å². The zero-order valence-corrected chi connectivity index (χ0v) is 24.0. The van der Waals surface area contributed by atoms with Gasteiger partial charge in [-0.25, -0.2) is 27.9 Å². The van der Waals surface area contributed by atoms with Crippen molar-refractivity contribution in [1.29, 1.82) is 0 Å². The minimum Gasteiger partial charge on any atom is -0.438 e. The zero-order valence-electron chi connectivity index (χ0n) is 22.4. The molecule has 2 heterocycles. The third-order valence-corrected chi connectivity index (χ3v) is 8.24. The highest BCUT2D eigenvalue weighted by molar-refractivity contribution is 7.89. The molecular weight excluding hydrogens is 569 g/mol. The molecule has 1 aromatic carbocycles. The number of rotatable bonds is 11. The molecule has 9 nitrogen and oxygen atoms in total. The van der Waals surface area contributed by atoms with E-state index in [4.69, 9.17) is 4.74 Å². The van der Waals surface area contributed by atoms with Gasteiger partial charge in [0.15, 0.2) is 16.9 Å². The Hall–Kier alpha value is -3.10. The summed E-state index contributed by atoms with van der Waals surface area (Å²) in [4.78, 5) is 34.0. The number of halogens is 3. The monoisotopic (exact) mass is 600 g/mol. The van der Waals surface area contributed by atoms with E-state index in [1.54, 1.807) is 26.8 Å². The molecule has 2 aromatic heterocycles. The maximum Gasteiger partial charge on any atom is 0.416 e. The van der Waals surface area contributed by atoms with Gasteiger partial charge in [-0.3, -0.25) is 4.79 Å². The average Bonchev–Trinajstić information content (AvgIpc) is 3.30. The van der Waals surface area contributed by atoms with Crippen LogP contribution in [0.1, 0.15) is 63.6 Å². The van der Waals surface area contributed by atoms with Gasteiger partial charge in [-0.1, -0.05) is 46.6 Å². The molecule has 0 fully saturated rings. The minimum absolute atomic E-state index is 0.129. The Morgan fingerprint density at radius 3 is 2.45 bits per heavy atom. The first-order valence-electron chi connectivity index (χ1n) is 12.5. The number of hydrogen-bond acceptors (Lipinski definition) is 8. The van der Waals surface area contributed by atoms with Gasteiger partial charge in [-0.2, -0.15) is 13.2 Å². The molecular formula is C26H31F3N4O5S2. The normalized spacial score (nSPS) is 14.1. The number of unbranched alkanes of at least 4 members (excludes halogenated alkanes) is 1. The van der Waals surface area contributed by atoms with E-state index < -0.39 is 57.7 Å². The topological polar surface area (TPSA) is 127 Å². The number of aromatic nitrogens is 2. The summed E-state index contributed by atoms with van der Waals surface area (Å²) in [5.41, 5.74) is -1.40. The summed E-state index contributed by atoms with van der Waals surface area (Å²) in [5, 5.41) is 2.59. The van der Waals surface area contributed by atoms with Crippen molar-refractivity contribution in [2.45, 2.75) is 70.3 Å². The number of ether oxygens (including phenoxy) is 1. The molecule has 0 bridgehead atoms. The number of thiazole rings is 1. The number of fused-ring (bicyclic) bond motifs is 1. The maximum atomic E-state index is 13.2. The van der Waals surface area contributed by atoms with Crippen LogP contribution in [0, 0.1) is 5.41 Å². The van der Waals surface area contributed by atoms with Gasteiger partial charge in [0.1, 0.15) is 5.01 Å². The van der Waals surface area contributed by atoms with Gasteiger partial charge in [-0.15, -0.1) is 11.3 Å². The number of amides is 1. The van der Waals surface area contributed by atoms with Crippen LogP contribution in [0.4, 0.5) is 18.0 Å². The fourth-order valence-corrected chi connectivity index (χ4v) is 5.87. The first-order chi connectivity index (χ1) is 18.6. The van der Waals surface area contributed by atoms with Crippen LogP contribution in [0.15, 0.2) is 47.6 Å². The first kappa shape index (κ1) is 31.4. The van der Waals surface area contributed by atoms with Crippen molar-refractivity contribution in [3.05, 3.63) is 53.2 Å². The van der Waals surface area contributed by atoms with Crippen LogP contribution in [0.5, 0.6) is 0 Å². The quantitative estimate of drug-likeness (QED) is 0.292. The summed E-state index contributed by atoms with van der Waals surface area (Å²) in [6.07, 6.45) is -3.55. The maximum absolute atomic E-state index is 13.2. The van der Waals surface area contributed by atoms with Crippen molar-refractivity contribution in [2.75, 3.05) is 6.54 Å². The van der Waals surface area contributed by atoms with Gasteiger partial charge in [0.2, 0.25) is 0 Å². The highest BCUT2D eigenvalue weighted by Gasteiger charge is 2.35. The number of sulfonamides is 1. The summed E-state index contributed by atoms with van der Waals surface area (Å²) >= 11 is 1.11. The fourth-order valence-electron chi connectivity index (χ4n) is 3.71. The number of pyridine rings is 1. The van der Waals surface area contributed by atoms with Crippen molar-refractivity contribution in [3.63, 3.8) is 0 Å². The van der Waals surface area contributed by atoms with Gasteiger partial charge < -0.3 is 10.1 Å². The second-order valence-corrected chi connectivity index (χ2v) is 13.0. The molecule has 0 spiro atoms. The van der Waals surface area contributed by atoms with E-state index in [0.29, 0.717) is 16.1 Å². The first-order valence-corrected chi connectivity index (χ1v) is 14.8. The molecule has 0 saturated heterocycles. The lowest BCUT2D eigenvalue weighted by atomic mass is 9.89. The number of nitrogens with zero attached hydrogens (tertiary/aromatic N) is 2. The number of hydrogen-bond donors (Lipinski definition) is 2.